The molecule has 2 fully saturated rings. The molecule has 0 unspecified atom stereocenters. The molecule has 0 N–H and O–H groups in total. The summed E-state index contributed by atoms with van der Waals surface area (Å²) in [6.45, 7) is 4.32. The van der Waals surface area contributed by atoms with Gasteiger partial charge >= 0.3 is 0 Å². The van der Waals surface area contributed by atoms with Crippen LogP contribution in [0.3, 0.4) is 0 Å². The summed E-state index contributed by atoms with van der Waals surface area (Å²) in [5, 5.41) is 11.6. The van der Waals surface area contributed by atoms with Gasteiger partial charge in [-0.15, -0.1) is 0 Å². The quantitative estimate of drug-likeness (QED) is 0.539. The second-order valence-electron chi connectivity index (χ2n) is 7.99. The lowest BCUT2D eigenvalue weighted by Crippen LogP contribution is -2.48. The molecule has 0 atom stereocenters. The number of carbonyl (C=O) groups excluding carboxylic acids is 1. The Morgan fingerprint density at radius 2 is 1.58 bits per heavy atom. The summed E-state index contributed by atoms with van der Waals surface area (Å²) in [5.41, 5.74) is 2.50. The normalized spacial score (nSPS) is 16.9. The van der Waals surface area contributed by atoms with Crippen LogP contribution in [0.5, 0.6) is 5.75 Å². The van der Waals surface area contributed by atoms with Gasteiger partial charge in [0.1, 0.15) is 11.4 Å². The van der Waals surface area contributed by atoms with Crippen molar-refractivity contribution in [1.82, 2.24) is 4.90 Å². The highest BCUT2D eigenvalue weighted by atomic mass is 16.6. The molecule has 2 aromatic rings. The Morgan fingerprint density at radius 3 is 2.19 bits per heavy atom. The molecule has 8 heteroatoms. The number of rotatable bonds is 5. The molecule has 0 saturated carbocycles. The van der Waals surface area contributed by atoms with Crippen LogP contribution in [0, 0.1) is 10.1 Å². The maximum Gasteiger partial charge on any atom is 0.292 e. The zero-order valence-electron chi connectivity index (χ0n) is 17.8. The fourth-order valence-electron chi connectivity index (χ4n) is 4.33. The van der Waals surface area contributed by atoms with Crippen LogP contribution >= 0.6 is 0 Å². The number of anilines is 2. The molecule has 2 heterocycles. The van der Waals surface area contributed by atoms with Crippen LogP contribution in [0.2, 0.25) is 0 Å². The molecule has 0 aliphatic carbocycles. The van der Waals surface area contributed by atoms with Crippen molar-refractivity contribution >= 4 is 23.0 Å². The monoisotopic (exact) mass is 424 g/mol. The first kappa shape index (κ1) is 21.0. The van der Waals surface area contributed by atoms with Crippen LogP contribution in [-0.4, -0.2) is 62.1 Å². The van der Waals surface area contributed by atoms with Crippen molar-refractivity contribution in [3.63, 3.8) is 0 Å². The Balaban J connectivity index is 1.45. The van der Waals surface area contributed by atoms with E-state index < -0.39 is 0 Å². The largest absolute Gasteiger partial charge is 0.497 e. The maximum atomic E-state index is 12.8. The molecule has 4 rings (SSSR count). The van der Waals surface area contributed by atoms with Crippen LogP contribution in [0.1, 0.15) is 29.6 Å². The van der Waals surface area contributed by atoms with Gasteiger partial charge in [0, 0.05) is 56.6 Å². The first-order chi connectivity index (χ1) is 15.1. The van der Waals surface area contributed by atoms with Crippen molar-refractivity contribution in [3.05, 3.63) is 58.1 Å². The Labute approximate surface area is 182 Å². The molecule has 0 radical (unpaired) electrons. The highest BCUT2D eigenvalue weighted by molar-refractivity contribution is 5.94. The minimum absolute atomic E-state index is 0.0139. The number of ether oxygens (including phenoxy) is 1. The third-order valence-corrected chi connectivity index (χ3v) is 6.12. The molecule has 0 bridgehead atoms. The first-order valence-corrected chi connectivity index (χ1v) is 10.8. The van der Waals surface area contributed by atoms with Gasteiger partial charge in [0.25, 0.3) is 11.6 Å². The van der Waals surface area contributed by atoms with Gasteiger partial charge in [0.05, 0.1) is 12.0 Å². The number of nitro benzene ring substituents is 1. The highest BCUT2D eigenvalue weighted by Gasteiger charge is 2.26. The van der Waals surface area contributed by atoms with Crippen LogP contribution in [0.25, 0.3) is 0 Å². The molecular weight excluding hydrogens is 396 g/mol. The predicted octanol–water partition coefficient (Wildman–Crippen LogP) is 3.56. The first-order valence-electron chi connectivity index (χ1n) is 10.8. The Hall–Kier alpha value is -3.29. The maximum absolute atomic E-state index is 12.8. The van der Waals surface area contributed by atoms with Crippen LogP contribution < -0.4 is 14.5 Å². The molecule has 1 amide bonds. The zero-order chi connectivity index (χ0) is 21.8. The smallest absolute Gasteiger partial charge is 0.292 e. The van der Waals surface area contributed by atoms with Crippen molar-refractivity contribution in [2.24, 2.45) is 0 Å². The zero-order valence-corrected chi connectivity index (χ0v) is 17.8. The minimum Gasteiger partial charge on any atom is -0.497 e. The van der Waals surface area contributed by atoms with E-state index in [0.29, 0.717) is 37.4 Å². The summed E-state index contributed by atoms with van der Waals surface area (Å²) in [6, 6.07) is 12.6. The van der Waals surface area contributed by atoms with Crippen LogP contribution in [0.15, 0.2) is 42.5 Å². The molecule has 31 heavy (non-hydrogen) atoms. The number of hydrogen-bond acceptors (Lipinski definition) is 6. The second kappa shape index (κ2) is 9.24. The average Bonchev–Trinajstić information content (AvgIpc) is 2.84. The lowest BCUT2D eigenvalue weighted by atomic mass is 10.1. The number of nitro groups is 1. The molecule has 0 spiro atoms. The number of methoxy groups -OCH3 is 1. The molecule has 8 nitrogen and oxygen atoms in total. The number of carbonyl (C=O) groups is 1. The van der Waals surface area contributed by atoms with Crippen molar-refractivity contribution in [2.75, 3.05) is 56.2 Å². The number of benzene rings is 2. The standard InChI is InChI=1S/C23H28N4O4/c1-31-20-8-5-18(6-9-20)23(28)26-15-13-24(14-16-26)19-7-10-21(27(29)30)22(17-19)25-11-3-2-4-12-25/h5-10,17H,2-4,11-16H2,1H3. The van der Waals surface area contributed by atoms with E-state index in [1.807, 2.05) is 17.0 Å². The third kappa shape index (κ3) is 4.57. The fraction of sp³-hybridized carbons (Fsp3) is 0.435. The average molecular weight is 425 g/mol. The van der Waals surface area contributed by atoms with Gasteiger partial charge in [-0.1, -0.05) is 0 Å². The van der Waals surface area contributed by atoms with E-state index in [-0.39, 0.29) is 16.5 Å². The summed E-state index contributed by atoms with van der Waals surface area (Å²) in [7, 11) is 1.60. The van der Waals surface area contributed by atoms with Gasteiger partial charge in [-0.2, -0.15) is 0 Å². The summed E-state index contributed by atoms with van der Waals surface area (Å²) in [5.74, 6) is 0.740. The molecule has 0 aromatic heterocycles. The van der Waals surface area contributed by atoms with Crippen molar-refractivity contribution in [2.45, 2.75) is 19.3 Å². The molecular formula is C23H28N4O4. The minimum atomic E-state index is -0.292. The fourth-order valence-corrected chi connectivity index (χ4v) is 4.33. The van der Waals surface area contributed by atoms with Crippen molar-refractivity contribution in [3.8, 4) is 5.75 Å². The van der Waals surface area contributed by atoms with E-state index in [1.165, 1.54) is 6.42 Å². The topological polar surface area (TPSA) is 79.2 Å². The van der Waals surface area contributed by atoms with Gasteiger partial charge < -0.3 is 19.4 Å². The van der Waals surface area contributed by atoms with Gasteiger partial charge in [0.15, 0.2) is 0 Å². The summed E-state index contributed by atoms with van der Waals surface area (Å²) < 4.78 is 5.16. The van der Waals surface area contributed by atoms with Gasteiger partial charge in [0.2, 0.25) is 0 Å². The second-order valence-corrected chi connectivity index (χ2v) is 7.99. The third-order valence-electron chi connectivity index (χ3n) is 6.12. The lowest BCUT2D eigenvalue weighted by molar-refractivity contribution is -0.384. The summed E-state index contributed by atoms with van der Waals surface area (Å²) in [4.78, 5) is 30.3. The number of nitrogens with zero attached hydrogens (tertiary/aromatic N) is 4. The van der Waals surface area contributed by atoms with E-state index in [0.717, 1.165) is 37.4 Å². The van der Waals surface area contributed by atoms with Gasteiger partial charge in [-0.25, -0.2) is 0 Å². The number of hydrogen-bond donors (Lipinski definition) is 0. The number of piperidine rings is 1. The van der Waals surface area contributed by atoms with Crippen molar-refractivity contribution in [1.29, 1.82) is 0 Å². The molecule has 2 saturated heterocycles. The SMILES string of the molecule is COc1ccc(C(=O)N2CCN(c3ccc([N+](=O)[O-])c(N4CCCCC4)c3)CC2)cc1. The molecule has 2 aliphatic rings. The van der Waals surface area contributed by atoms with Gasteiger partial charge in [-0.3, -0.25) is 14.9 Å². The summed E-state index contributed by atoms with van der Waals surface area (Å²) in [6.07, 6.45) is 3.30. The van der Waals surface area contributed by atoms with E-state index in [1.54, 1.807) is 37.4 Å². The Bertz CT molecular complexity index is 933. The van der Waals surface area contributed by atoms with Crippen LogP contribution in [-0.2, 0) is 0 Å². The molecule has 2 aromatic carbocycles. The lowest BCUT2D eigenvalue weighted by Gasteiger charge is -2.37. The van der Waals surface area contributed by atoms with E-state index in [2.05, 4.69) is 9.80 Å². The molecule has 164 valence electrons. The predicted molar refractivity (Wildman–Crippen MR) is 120 cm³/mol. The van der Waals surface area contributed by atoms with Crippen molar-refractivity contribution < 1.29 is 14.5 Å². The highest BCUT2D eigenvalue weighted by Crippen LogP contribution is 2.34. The van der Waals surface area contributed by atoms with E-state index in [9.17, 15) is 14.9 Å². The van der Waals surface area contributed by atoms with E-state index in [4.69, 9.17) is 4.74 Å². The molecule has 2 aliphatic heterocycles. The number of piperazine rings is 1. The van der Waals surface area contributed by atoms with E-state index >= 15 is 0 Å². The van der Waals surface area contributed by atoms with Crippen LogP contribution in [0.4, 0.5) is 17.1 Å². The summed E-state index contributed by atoms with van der Waals surface area (Å²) >= 11 is 0. The Morgan fingerprint density at radius 1 is 0.903 bits per heavy atom. The number of amides is 1. The van der Waals surface area contributed by atoms with Gasteiger partial charge in [-0.05, 0) is 55.7 Å². The Kier molecular flexibility index (Phi) is 6.25.